The lowest BCUT2D eigenvalue weighted by Gasteiger charge is -2.29. The molecule has 80 valence electrons. The number of benzene rings is 1. The van der Waals surface area contributed by atoms with Crippen LogP contribution >= 0.6 is 0 Å². The normalized spacial score (nSPS) is 24.5. The van der Waals surface area contributed by atoms with E-state index >= 15 is 0 Å². The molecule has 2 aliphatic rings. The summed E-state index contributed by atoms with van der Waals surface area (Å²) in [6.07, 6.45) is 5.49. The Balaban J connectivity index is 1.96. The summed E-state index contributed by atoms with van der Waals surface area (Å²) < 4.78 is 0. The van der Waals surface area contributed by atoms with Gasteiger partial charge in [-0.1, -0.05) is 12.1 Å². The Morgan fingerprint density at radius 1 is 1.07 bits per heavy atom. The Kier molecular flexibility index (Phi) is 2.01. The second kappa shape index (κ2) is 3.26. The van der Waals surface area contributed by atoms with Crippen molar-refractivity contribution in [1.29, 1.82) is 0 Å². The summed E-state index contributed by atoms with van der Waals surface area (Å²) in [5.74, 6) is 0.970. The van der Waals surface area contributed by atoms with E-state index in [2.05, 4.69) is 31.3 Å². The van der Waals surface area contributed by atoms with E-state index in [1.165, 1.54) is 42.5 Å². The summed E-state index contributed by atoms with van der Waals surface area (Å²) in [6, 6.07) is 5.27. The quantitative estimate of drug-likeness (QED) is 0.734. The van der Waals surface area contributed by atoms with E-state index < -0.39 is 0 Å². The number of anilines is 1. The van der Waals surface area contributed by atoms with Gasteiger partial charge in [-0.15, -0.1) is 0 Å². The first-order chi connectivity index (χ1) is 7.25. The molecule has 1 atom stereocenters. The molecule has 1 heterocycles. The molecule has 1 unspecified atom stereocenters. The van der Waals surface area contributed by atoms with Gasteiger partial charge in [0.15, 0.2) is 0 Å². The minimum atomic E-state index is 0.762. The van der Waals surface area contributed by atoms with Crippen molar-refractivity contribution in [3.8, 4) is 0 Å². The Hall–Kier alpha value is -0.980. The van der Waals surface area contributed by atoms with Crippen LogP contribution in [0.2, 0.25) is 0 Å². The van der Waals surface area contributed by atoms with E-state index in [1.807, 2.05) is 0 Å². The molecule has 0 aromatic heterocycles. The maximum Gasteiger partial charge on any atom is 0.0407 e. The molecule has 1 fully saturated rings. The van der Waals surface area contributed by atoms with Gasteiger partial charge in [0.2, 0.25) is 0 Å². The third-order valence-electron chi connectivity index (χ3n) is 3.98. The fourth-order valence-electron chi connectivity index (χ4n) is 2.80. The number of nitrogens with one attached hydrogen (secondary N) is 1. The predicted octanol–water partition coefficient (Wildman–Crippen LogP) is 3.44. The molecular weight excluding hydrogens is 182 g/mol. The van der Waals surface area contributed by atoms with Crippen LogP contribution in [0.25, 0.3) is 0 Å². The molecule has 0 spiro atoms. The van der Waals surface area contributed by atoms with Gasteiger partial charge in [0.05, 0.1) is 0 Å². The number of aryl methyl sites for hydroxylation is 2. The molecule has 1 aromatic carbocycles. The van der Waals surface area contributed by atoms with Gasteiger partial charge in [-0.2, -0.15) is 0 Å². The van der Waals surface area contributed by atoms with Crippen molar-refractivity contribution in [3.63, 3.8) is 0 Å². The average molecular weight is 201 g/mol. The minimum Gasteiger partial charge on any atom is -0.382 e. The Morgan fingerprint density at radius 2 is 1.80 bits per heavy atom. The van der Waals surface area contributed by atoms with Crippen molar-refractivity contribution in [2.24, 2.45) is 5.92 Å². The summed E-state index contributed by atoms with van der Waals surface area (Å²) in [5, 5.41) is 3.77. The highest BCUT2D eigenvalue weighted by atomic mass is 15.0. The van der Waals surface area contributed by atoms with E-state index in [9.17, 15) is 0 Å². The fraction of sp³-hybridized carbons (Fsp3) is 0.571. The highest BCUT2D eigenvalue weighted by Crippen LogP contribution is 2.40. The van der Waals surface area contributed by atoms with E-state index in [1.54, 1.807) is 5.56 Å². The molecule has 1 heteroatoms. The van der Waals surface area contributed by atoms with Crippen molar-refractivity contribution in [2.75, 3.05) is 5.32 Å². The predicted molar refractivity (Wildman–Crippen MR) is 64.4 cm³/mol. The zero-order chi connectivity index (χ0) is 10.4. The monoisotopic (exact) mass is 201 g/mol. The van der Waals surface area contributed by atoms with Crippen LogP contribution in [-0.4, -0.2) is 6.04 Å². The van der Waals surface area contributed by atoms with Gasteiger partial charge in [-0.25, -0.2) is 0 Å². The van der Waals surface area contributed by atoms with Crippen molar-refractivity contribution in [3.05, 3.63) is 28.8 Å². The van der Waals surface area contributed by atoms with Crippen LogP contribution in [0.3, 0.4) is 0 Å². The molecule has 0 amide bonds. The SMILES string of the molecule is Cc1ccc(C)c2c1CCC(C1CC1)N2. The van der Waals surface area contributed by atoms with Crippen LogP contribution in [0.15, 0.2) is 12.1 Å². The Bertz CT molecular complexity index is 391. The zero-order valence-electron chi connectivity index (χ0n) is 9.64. The number of rotatable bonds is 1. The van der Waals surface area contributed by atoms with E-state index in [4.69, 9.17) is 0 Å². The summed E-state index contributed by atoms with van der Waals surface area (Å²) in [6.45, 7) is 4.46. The highest BCUT2D eigenvalue weighted by molar-refractivity contribution is 5.62. The zero-order valence-corrected chi connectivity index (χ0v) is 9.64. The van der Waals surface area contributed by atoms with Crippen molar-refractivity contribution in [2.45, 2.75) is 45.6 Å². The maximum absolute atomic E-state index is 3.77. The van der Waals surface area contributed by atoms with Gasteiger partial charge in [-0.05, 0) is 62.1 Å². The lowest BCUT2D eigenvalue weighted by Crippen LogP contribution is -2.28. The molecular formula is C14H19N. The summed E-state index contributed by atoms with van der Waals surface area (Å²) >= 11 is 0. The van der Waals surface area contributed by atoms with Crippen LogP contribution < -0.4 is 5.32 Å². The third-order valence-corrected chi connectivity index (χ3v) is 3.98. The van der Waals surface area contributed by atoms with Crippen molar-refractivity contribution < 1.29 is 0 Å². The van der Waals surface area contributed by atoms with Gasteiger partial charge in [0.25, 0.3) is 0 Å². The first kappa shape index (κ1) is 9.26. The molecule has 1 N–H and O–H groups in total. The molecule has 1 saturated carbocycles. The minimum absolute atomic E-state index is 0.762. The van der Waals surface area contributed by atoms with Crippen LogP contribution in [0.4, 0.5) is 5.69 Å². The molecule has 1 aromatic rings. The molecule has 1 nitrogen and oxygen atoms in total. The van der Waals surface area contributed by atoms with Crippen LogP contribution in [0.5, 0.6) is 0 Å². The van der Waals surface area contributed by atoms with Crippen LogP contribution in [0.1, 0.15) is 36.0 Å². The highest BCUT2D eigenvalue weighted by Gasteiger charge is 2.33. The number of hydrogen-bond acceptors (Lipinski definition) is 1. The maximum atomic E-state index is 3.77. The molecule has 0 radical (unpaired) electrons. The van der Waals surface area contributed by atoms with Gasteiger partial charge < -0.3 is 5.32 Å². The molecule has 1 aliphatic carbocycles. The fourth-order valence-corrected chi connectivity index (χ4v) is 2.80. The standard InChI is InChI=1S/C14H19N/c1-9-3-4-10(2)14-12(9)7-8-13(15-14)11-5-6-11/h3-4,11,13,15H,5-8H2,1-2H3. The summed E-state index contributed by atoms with van der Waals surface area (Å²) in [7, 11) is 0. The van der Waals surface area contributed by atoms with Gasteiger partial charge in [0.1, 0.15) is 0 Å². The topological polar surface area (TPSA) is 12.0 Å². The molecule has 3 rings (SSSR count). The molecule has 0 saturated heterocycles. The second-order valence-electron chi connectivity index (χ2n) is 5.18. The van der Waals surface area contributed by atoms with E-state index in [-0.39, 0.29) is 0 Å². The first-order valence-electron chi connectivity index (χ1n) is 6.11. The molecule has 15 heavy (non-hydrogen) atoms. The Labute approximate surface area is 91.9 Å². The average Bonchev–Trinajstić information content (AvgIpc) is 3.07. The lowest BCUT2D eigenvalue weighted by molar-refractivity contribution is 0.568. The summed E-state index contributed by atoms with van der Waals surface area (Å²) in [4.78, 5) is 0. The van der Waals surface area contributed by atoms with Crippen molar-refractivity contribution in [1.82, 2.24) is 0 Å². The van der Waals surface area contributed by atoms with Crippen LogP contribution in [0, 0.1) is 19.8 Å². The van der Waals surface area contributed by atoms with Crippen molar-refractivity contribution >= 4 is 5.69 Å². The van der Waals surface area contributed by atoms with Crippen LogP contribution in [-0.2, 0) is 6.42 Å². The summed E-state index contributed by atoms with van der Waals surface area (Å²) in [5.41, 5.74) is 5.88. The smallest absolute Gasteiger partial charge is 0.0407 e. The number of fused-ring (bicyclic) bond motifs is 1. The lowest BCUT2D eigenvalue weighted by atomic mass is 9.90. The van der Waals surface area contributed by atoms with Gasteiger partial charge in [-0.3, -0.25) is 0 Å². The van der Waals surface area contributed by atoms with E-state index in [0.29, 0.717) is 0 Å². The second-order valence-corrected chi connectivity index (χ2v) is 5.18. The van der Waals surface area contributed by atoms with Gasteiger partial charge >= 0.3 is 0 Å². The van der Waals surface area contributed by atoms with E-state index in [0.717, 1.165) is 12.0 Å². The molecule has 1 aliphatic heterocycles. The van der Waals surface area contributed by atoms with Gasteiger partial charge in [0, 0.05) is 11.7 Å². The third kappa shape index (κ3) is 1.54. The first-order valence-corrected chi connectivity index (χ1v) is 6.11. The Morgan fingerprint density at radius 3 is 2.53 bits per heavy atom. The molecule has 0 bridgehead atoms. The number of hydrogen-bond donors (Lipinski definition) is 1. The largest absolute Gasteiger partial charge is 0.382 e.